The Balaban J connectivity index is 1.85. The molecule has 106 valence electrons. The summed E-state index contributed by atoms with van der Waals surface area (Å²) in [7, 11) is 0. The molecule has 2 N–H and O–H groups in total. The number of aromatic carboxylic acids is 1. The number of nitrogens with one attached hydrogen (secondary N) is 1. The van der Waals surface area contributed by atoms with Crippen molar-refractivity contribution in [3.05, 3.63) is 21.9 Å². The van der Waals surface area contributed by atoms with Gasteiger partial charge in [0.1, 0.15) is 4.88 Å². The second-order valence-electron chi connectivity index (χ2n) is 5.51. The van der Waals surface area contributed by atoms with E-state index in [0.29, 0.717) is 17.0 Å². The van der Waals surface area contributed by atoms with Gasteiger partial charge in [-0.05, 0) is 25.5 Å². The third-order valence-electron chi connectivity index (χ3n) is 3.94. The highest BCUT2D eigenvalue weighted by Crippen LogP contribution is 2.42. The van der Waals surface area contributed by atoms with Crippen molar-refractivity contribution in [2.75, 3.05) is 6.61 Å². The summed E-state index contributed by atoms with van der Waals surface area (Å²) < 4.78 is 5.70. The van der Waals surface area contributed by atoms with Crippen molar-refractivity contribution in [2.24, 2.45) is 5.41 Å². The van der Waals surface area contributed by atoms with E-state index in [4.69, 9.17) is 9.84 Å². The molecular formula is C14H21NO3S. The van der Waals surface area contributed by atoms with E-state index in [-0.39, 0.29) is 5.41 Å². The maximum atomic E-state index is 10.8. The molecule has 1 saturated carbocycles. The first-order valence-corrected chi connectivity index (χ1v) is 7.43. The summed E-state index contributed by atoms with van der Waals surface area (Å²) in [5.41, 5.74) is 0.142. The lowest BCUT2D eigenvalue weighted by molar-refractivity contribution is -0.114. The zero-order valence-corrected chi connectivity index (χ0v) is 12.4. The number of thiophene rings is 1. The van der Waals surface area contributed by atoms with Gasteiger partial charge in [0.2, 0.25) is 0 Å². The van der Waals surface area contributed by atoms with Gasteiger partial charge in [-0.1, -0.05) is 13.8 Å². The van der Waals surface area contributed by atoms with Gasteiger partial charge < -0.3 is 15.2 Å². The van der Waals surface area contributed by atoms with E-state index in [1.54, 1.807) is 6.07 Å². The Kier molecular flexibility index (Phi) is 4.28. The first kappa shape index (κ1) is 14.5. The summed E-state index contributed by atoms with van der Waals surface area (Å²) >= 11 is 1.34. The highest BCUT2D eigenvalue weighted by molar-refractivity contribution is 7.13. The number of carboxylic acids is 1. The molecule has 0 amide bonds. The fraction of sp³-hybridized carbons (Fsp3) is 0.643. The number of carboxylic acid groups (broad SMARTS) is 1. The van der Waals surface area contributed by atoms with Crippen molar-refractivity contribution in [1.29, 1.82) is 0 Å². The third kappa shape index (κ3) is 2.99. The lowest BCUT2D eigenvalue weighted by Gasteiger charge is -2.51. The van der Waals surface area contributed by atoms with Gasteiger partial charge in [0.15, 0.2) is 0 Å². The van der Waals surface area contributed by atoms with E-state index < -0.39 is 5.97 Å². The molecule has 1 fully saturated rings. The molecule has 2 atom stereocenters. The van der Waals surface area contributed by atoms with Crippen LogP contribution in [0.4, 0.5) is 0 Å². The van der Waals surface area contributed by atoms with Crippen molar-refractivity contribution in [2.45, 2.75) is 45.9 Å². The molecule has 1 aromatic heterocycles. The first-order chi connectivity index (χ1) is 8.95. The normalized spacial score (nSPS) is 25.0. The number of ether oxygens (including phenoxy) is 1. The molecule has 2 rings (SSSR count). The Bertz CT molecular complexity index is 455. The minimum absolute atomic E-state index is 0.142. The standard InChI is InChI=1S/C14H21NO3S/c1-4-18-12-7-11(14(12,2)3)15-8-9-5-6-10(19-9)13(16)17/h5-6,11-12,15H,4,7-8H2,1-3H3,(H,16,17). The Morgan fingerprint density at radius 2 is 2.32 bits per heavy atom. The van der Waals surface area contributed by atoms with E-state index in [1.807, 2.05) is 13.0 Å². The van der Waals surface area contributed by atoms with Crippen molar-refractivity contribution in [3.8, 4) is 0 Å². The van der Waals surface area contributed by atoms with Crippen LogP contribution >= 0.6 is 11.3 Å². The van der Waals surface area contributed by atoms with Crippen molar-refractivity contribution < 1.29 is 14.6 Å². The molecule has 0 radical (unpaired) electrons. The average Bonchev–Trinajstić information content (AvgIpc) is 2.81. The second-order valence-corrected chi connectivity index (χ2v) is 6.67. The quantitative estimate of drug-likeness (QED) is 0.843. The highest BCUT2D eigenvalue weighted by atomic mass is 32.1. The largest absolute Gasteiger partial charge is 0.477 e. The van der Waals surface area contributed by atoms with Crippen LogP contribution in [0.15, 0.2) is 12.1 Å². The molecule has 19 heavy (non-hydrogen) atoms. The molecule has 1 aliphatic carbocycles. The van der Waals surface area contributed by atoms with Crippen LogP contribution in [-0.2, 0) is 11.3 Å². The Labute approximate surface area is 117 Å². The molecular weight excluding hydrogens is 262 g/mol. The number of hydrogen-bond donors (Lipinski definition) is 2. The van der Waals surface area contributed by atoms with Crippen molar-refractivity contribution in [1.82, 2.24) is 5.32 Å². The summed E-state index contributed by atoms with van der Waals surface area (Å²) in [5, 5.41) is 12.4. The zero-order chi connectivity index (χ0) is 14.0. The van der Waals surface area contributed by atoms with E-state index in [0.717, 1.165) is 24.4 Å². The molecule has 0 aliphatic heterocycles. The molecule has 2 unspecified atom stereocenters. The van der Waals surface area contributed by atoms with Crippen LogP contribution in [0.3, 0.4) is 0 Å². The summed E-state index contributed by atoms with van der Waals surface area (Å²) in [6, 6.07) is 3.98. The van der Waals surface area contributed by atoms with E-state index in [2.05, 4.69) is 19.2 Å². The van der Waals surface area contributed by atoms with Gasteiger partial charge in [0.25, 0.3) is 0 Å². The molecule has 0 aromatic carbocycles. The fourth-order valence-corrected chi connectivity index (χ4v) is 3.32. The predicted molar refractivity (Wildman–Crippen MR) is 75.7 cm³/mol. The minimum atomic E-state index is -0.850. The molecule has 4 nitrogen and oxygen atoms in total. The van der Waals surface area contributed by atoms with E-state index in [9.17, 15) is 4.79 Å². The SMILES string of the molecule is CCOC1CC(NCc2ccc(C(=O)O)s2)C1(C)C. The van der Waals surface area contributed by atoms with Crippen LogP contribution < -0.4 is 5.32 Å². The molecule has 0 spiro atoms. The lowest BCUT2D eigenvalue weighted by Crippen LogP contribution is -2.60. The first-order valence-electron chi connectivity index (χ1n) is 6.62. The van der Waals surface area contributed by atoms with Gasteiger partial charge in [0.05, 0.1) is 6.10 Å². The van der Waals surface area contributed by atoms with Gasteiger partial charge >= 0.3 is 5.97 Å². The third-order valence-corrected chi connectivity index (χ3v) is 5.01. The molecule has 1 aromatic rings. The van der Waals surface area contributed by atoms with Crippen LogP contribution in [0.2, 0.25) is 0 Å². The van der Waals surface area contributed by atoms with Crippen LogP contribution in [0.1, 0.15) is 41.7 Å². The Morgan fingerprint density at radius 1 is 1.58 bits per heavy atom. The molecule has 1 heterocycles. The number of rotatable bonds is 6. The van der Waals surface area contributed by atoms with Gasteiger partial charge in [-0.2, -0.15) is 0 Å². The summed E-state index contributed by atoms with van der Waals surface area (Å²) in [5.74, 6) is -0.850. The predicted octanol–water partition coefficient (Wildman–Crippen LogP) is 2.74. The van der Waals surface area contributed by atoms with Crippen LogP contribution in [0, 0.1) is 5.41 Å². The van der Waals surface area contributed by atoms with Crippen LogP contribution in [0.25, 0.3) is 0 Å². The number of carbonyl (C=O) groups is 1. The fourth-order valence-electron chi connectivity index (χ4n) is 2.53. The maximum absolute atomic E-state index is 10.8. The average molecular weight is 283 g/mol. The van der Waals surface area contributed by atoms with E-state index in [1.165, 1.54) is 11.3 Å². The van der Waals surface area contributed by atoms with Gasteiger partial charge in [0, 0.05) is 29.5 Å². The maximum Gasteiger partial charge on any atom is 0.345 e. The van der Waals surface area contributed by atoms with Crippen LogP contribution in [-0.4, -0.2) is 29.8 Å². The Hall–Kier alpha value is -0.910. The molecule has 5 heteroatoms. The molecule has 1 aliphatic rings. The van der Waals surface area contributed by atoms with Gasteiger partial charge in [-0.15, -0.1) is 11.3 Å². The summed E-state index contributed by atoms with van der Waals surface area (Å²) in [4.78, 5) is 12.3. The lowest BCUT2D eigenvalue weighted by atomic mass is 9.64. The van der Waals surface area contributed by atoms with Crippen molar-refractivity contribution in [3.63, 3.8) is 0 Å². The monoisotopic (exact) mass is 283 g/mol. The summed E-state index contributed by atoms with van der Waals surface area (Å²) in [6.45, 7) is 7.94. The smallest absolute Gasteiger partial charge is 0.345 e. The van der Waals surface area contributed by atoms with Crippen molar-refractivity contribution >= 4 is 17.3 Å². The topological polar surface area (TPSA) is 58.6 Å². The molecule has 0 saturated heterocycles. The second kappa shape index (κ2) is 5.61. The minimum Gasteiger partial charge on any atom is -0.477 e. The van der Waals surface area contributed by atoms with Crippen LogP contribution in [0.5, 0.6) is 0 Å². The van der Waals surface area contributed by atoms with E-state index >= 15 is 0 Å². The Morgan fingerprint density at radius 3 is 2.84 bits per heavy atom. The highest BCUT2D eigenvalue weighted by Gasteiger charge is 2.48. The molecule has 0 bridgehead atoms. The van der Waals surface area contributed by atoms with Gasteiger partial charge in [-0.3, -0.25) is 0 Å². The summed E-state index contributed by atoms with van der Waals surface area (Å²) in [6.07, 6.45) is 1.35. The zero-order valence-electron chi connectivity index (χ0n) is 11.6. The number of hydrogen-bond acceptors (Lipinski definition) is 4. The van der Waals surface area contributed by atoms with Gasteiger partial charge in [-0.25, -0.2) is 4.79 Å².